The van der Waals surface area contributed by atoms with Crippen molar-refractivity contribution in [2.24, 2.45) is 5.92 Å². The second-order valence-electron chi connectivity index (χ2n) is 5.28. The van der Waals surface area contributed by atoms with Crippen molar-refractivity contribution in [3.63, 3.8) is 0 Å². The number of rotatable bonds is 5. The molecule has 3 atom stereocenters. The Labute approximate surface area is 103 Å². The summed E-state index contributed by atoms with van der Waals surface area (Å²) in [4.78, 5) is 14.1. The summed E-state index contributed by atoms with van der Waals surface area (Å²) in [6.45, 7) is 2.03. The van der Waals surface area contributed by atoms with Gasteiger partial charge in [-0.3, -0.25) is 9.69 Å². The van der Waals surface area contributed by atoms with E-state index in [0.717, 1.165) is 38.6 Å². The first-order valence-corrected chi connectivity index (χ1v) is 6.66. The molecular formula is C13H23NO3. The van der Waals surface area contributed by atoms with Gasteiger partial charge in [0.2, 0.25) is 0 Å². The summed E-state index contributed by atoms with van der Waals surface area (Å²) >= 11 is 0. The van der Waals surface area contributed by atoms with Crippen LogP contribution in [0.2, 0.25) is 0 Å². The maximum absolute atomic E-state index is 11.8. The van der Waals surface area contributed by atoms with Gasteiger partial charge in [-0.15, -0.1) is 0 Å². The van der Waals surface area contributed by atoms with Crippen LogP contribution in [0.15, 0.2) is 0 Å². The summed E-state index contributed by atoms with van der Waals surface area (Å²) in [6.07, 6.45) is 4.67. The van der Waals surface area contributed by atoms with E-state index in [4.69, 9.17) is 4.74 Å². The Balaban J connectivity index is 1.90. The van der Waals surface area contributed by atoms with Gasteiger partial charge in [-0.05, 0) is 32.2 Å². The van der Waals surface area contributed by atoms with Crippen LogP contribution in [0.3, 0.4) is 0 Å². The van der Waals surface area contributed by atoms with Crippen LogP contribution < -0.4 is 0 Å². The summed E-state index contributed by atoms with van der Waals surface area (Å²) in [5.41, 5.74) is 0. The van der Waals surface area contributed by atoms with Crippen molar-refractivity contribution in [3.8, 4) is 0 Å². The molecule has 1 N–H and O–H groups in total. The second-order valence-corrected chi connectivity index (χ2v) is 5.28. The first kappa shape index (κ1) is 13.0. The topological polar surface area (TPSA) is 49.8 Å². The van der Waals surface area contributed by atoms with Gasteiger partial charge in [-0.1, -0.05) is 0 Å². The number of methoxy groups -OCH3 is 1. The molecule has 98 valence electrons. The number of Topliss-reactive ketones (excluding diaryl/α,β-unsaturated/α-hetero) is 1. The van der Waals surface area contributed by atoms with Crippen LogP contribution in [-0.4, -0.2) is 54.7 Å². The highest BCUT2D eigenvalue weighted by Crippen LogP contribution is 2.33. The zero-order valence-electron chi connectivity index (χ0n) is 10.6. The number of likely N-dealkylation sites (tertiary alicyclic amines) is 1. The molecule has 0 bridgehead atoms. The van der Waals surface area contributed by atoms with Crippen LogP contribution in [0.1, 0.15) is 32.1 Å². The smallest absolute Gasteiger partial charge is 0.137 e. The maximum atomic E-state index is 11.8. The van der Waals surface area contributed by atoms with E-state index < -0.39 is 6.10 Å². The standard InChI is InChI=1S/C13H23NO3/c1-17-9-10(15)8-14-7-3-5-12(14)11-4-2-6-13(11)16/h10-12,15H,2-9H2,1H3. The number of hydrogen-bond donors (Lipinski definition) is 1. The molecule has 4 nitrogen and oxygen atoms in total. The van der Waals surface area contributed by atoms with Crippen molar-refractivity contribution in [3.05, 3.63) is 0 Å². The van der Waals surface area contributed by atoms with Gasteiger partial charge in [-0.2, -0.15) is 0 Å². The Morgan fingerprint density at radius 1 is 1.47 bits per heavy atom. The van der Waals surface area contributed by atoms with Crippen LogP contribution in [0.4, 0.5) is 0 Å². The molecule has 0 aromatic carbocycles. The lowest BCUT2D eigenvalue weighted by Gasteiger charge is -2.30. The first-order valence-electron chi connectivity index (χ1n) is 6.66. The number of carbonyl (C=O) groups is 1. The zero-order chi connectivity index (χ0) is 12.3. The van der Waals surface area contributed by atoms with Gasteiger partial charge in [-0.25, -0.2) is 0 Å². The molecule has 3 unspecified atom stereocenters. The van der Waals surface area contributed by atoms with Crippen LogP contribution in [0, 0.1) is 5.92 Å². The minimum absolute atomic E-state index is 0.229. The molecule has 2 rings (SSSR count). The Morgan fingerprint density at radius 2 is 2.29 bits per heavy atom. The molecule has 17 heavy (non-hydrogen) atoms. The zero-order valence-corrected chi connectivity index (χ0v) is 10.6. The number of carbonyl (C=O) groups excluding carboxylic acids is 1. The number of aliphatic hydroxyl groups is 1. The number of β-amino-alcohol motifs (C(OH)–C–C–N with tert-alkyl or cyclic N) is 1. The van der Waals surface area contributed by atoms with E-state index >= 15 is 0 Å². The van der Waals surface area contributed by atoms with Gasteiger partial charge in [0.1, 0.15) is 5.78 Å². The maximum Gasteiger partial charge on any atom is 0.137 e. The van der Waals surface area contributed by atoms with Crippen molar-refractivity contribution < 1.29 is 14.6 Å². The van der Waals surface area contributed by atoms with Gasteiger partial charge in [0.25, 0.3) is 0 Å². The van der Waals surface area contributed by atoms with Gasteiger partial charge in [0, 0.05) is 32.0 Å². The van der Waals surface area contributed by atoms with Crippen LogP contribution in [-0.2, 0) is 9.53 Å². The molecule has 1 heterocycles. The van der Waals surface area contributed by atoms with Gasteiger partial charge < -0.3 is 9.84 Å². The van der Waals surface area contributed by atoms with Gasteiger partial charge in [0.15, 0.2) is 0 Å². The lowest BCUT2D eigenvalue weighted by molar-refractivity contribution is -0.122. The van der Waals surface area contributed by atoms with Gasteiger partial charge >= 0.3 is 0 Å². The largest absolute Gasteiger partial charge is 0.389 e. The monoisotopic (exact) mass is 241 g/mol. The Kier molecular flexibility index (Phi) is 4.54. The molecule has 0 amide bonds. The van der Waals surface area contributed by atoms with Crippen LogP contribution in [0.25, 0.3) is 0 Å². The Morgan fingerprint density at radius 3 is 2.94 bits per heavy atom. The summed E-state index contributed by atoms with van der Waals surface area (Å²) in [5.74, 6) is 0.662. The van der Waals surface area contributed by atoms with Crippen molar-refractivity contribution in [2.75, 3.05) is 26.8 Å². The average Bonchev–Trinajstić information content (AvgIpc) is 2.87. The molecule has 2 fully saturated rings. The average molecular weight is 241 g/mol. The van der Waals surface area contributed by atoms with Crippen LogP contribution >= 0.6 is 0 Å². The number of hydrogen-bond acceptors (Lipinski definition) is 4. The van der Waals surface area contributed by atoms with Crippen LogP contribution in [0.5, 0.6) is 0 Å². The van der Waals surface area contributed by atoms with E-state index in [1.165, 1.54) is 0 Å². The highest BCUT2D eigenvalue weighted by atomic mass is 16.5. The molecule has 2 aliphatic rings. The van der Waals surface area contributed by atoms with E-state index in [1.54, 1.807) is 7.11 Å². The minimum atomic E-state index is -0.433. The molecule has 0 aromatic rings. The molecule has 1 aliphatic carbocycles. The fourth-order valence-corrected chi connectivity index (χ4v) is 3.30. The van der Waals surface area contributed by atoms with E-state index in [1.807, 2.05) is 0 Å². The summed E-state index contributed by atoms with van der Waals surface area (Å²) in [7, 11) is 1.60. The van der Waals surface area contributed by atoms with E-state index in [-0.39, 0.29) is 5.92 Å². The molecule has 0 aromatic heterocycles. The van der Waals surface area contributed by atoms with Crippen molar-refractivity contribution in [1.29, 1.82) is 0 Å². The third-order valence-corrected chi connectivity index (χ3v) is 4.03. The lowest BCUT2D eigenvalue weighted by atomic mass is 9.95. The Hall–Kier alpha value is -0.450. The number of ether oxygens (including phenoxy) is 1. The van der Waals surface area contributed by atoms with E-state index in [9.17, 15) is 9.90 Å². The fourth-order valence-electron chi connectivity index (χ4n) is 3.30. The predicted octanol–water partition coefficient (Wildman–Crippen LogP) is 0.827. The first-order chi connectivity index (χ1) is 8.22. The SMILES string of the molecule is COCC(O)CN1CCCC1C1CCCC1=O. The molecular weight excluding hydrogens is 218 g/mol. The molecule has 4 heteroatoms. The minimum Gasteiger partial charge on any atom is -0.389 e. The third-order valence-electron chi connectivity index (χ3n) is 4.03. The van der Waals surface area contributed by atoms with Crippen molar-refractivity contribution in [1.82, 2.24) is 4.90 Å². The number of aliphatic hydroxyl groups excluding tert-OH is 1. The second kappa shape index (κ2) is 5.94. The molecule has 0 spiro atoms. The number of ketones is 1. The summed E-state index contributed by atoms with van der Waals surface area (Å²) in [5, 5.41) is 9.78. The lowest BCUT2D eigenvalue weighted by Crippen LogP contribution is -2.42. The molecule has 0 radical (unpaired) electrons. The molecule has 1 saturated heterocycles. The summed E-state index contributed by atoms with van der Waals surface area (Å²) in [6, 6.07) is 0.372. The highest BCUT2D eigenvalue weighted by Gasteiger charge is 2.38. The fraction of sp³-hybridized carbons (Fsp3) is 0.923. The quantitative estimate of drug-likeness (QED) is 0.774. The third kappa shape index (κ3) is 3.06. The number of nitrogens with zero attached hydrogens (tertiary/aromatic N) is 1. The van der Waals surface area contributed by atoms with E-state index in [2.05, 4.69) is 4.90 Å². The Bertz CT molecular complexity index is 269. The molecule has 1 aliphatic heterocycles. The normalized spacial score (nSPS) is 32.2. The highest BCUT2D eigenvalue weighted by molar-refractivity contribution is 5.83. The summed E-state index contributed by atoms with van der Waals surface area (Å²) < 4.78 is 4.95. The van der Waals surface area contributed by atoms with Gasteiger partial charge in [0.05, 0.1) is 12.7 Å². The van der Waals surface area contributed by atoms with E-state index in [0.29, 0.717) is 25.0 Å². The van der Waals surface area contributed by atoms with Crippen molar-refractivity contribution >= 4 is 5.78 Å². The molecule has 1 saturated carbocycles. The van der Waals surface area contributed by atoms with Crippen molar-refractivity contribution in [2.45, 2.75) is 44.2 Å². The predicted molar refractivity (Wildman–Crippen MR) is 64.8 cm³/mol.